The van der Waals surface area contributed by atoms with Gasteiger partial charge in [0.2, 0.25) is 0 Å². The number of aromatic nitrogens is 2. The minimum Gasteiger partial charge on any atom is -0.496 e. The molecule has 0 atom stereocenters. The lowest BCUT2D eigenvalue weighted by Gasteiger charge is -2.13. The monoisotopic (exact) mass is 275 g/mol. The number of hydrogen-bond donors (Lipinski definition) is 0. The van der Waals surface area contributed by atoms with Crippen molar-refractivity contribution in [1.29, 1.82) is 0 Å². The lowest BCUT2D eigenvalue weighted by Crippen LogP contribution is -2.07. The van der Waals surface area contributed by atoms with Crippen LogP contribution in [0.15, 0.2) is 30.6 Å². The fourth-order valence-corrected chi connectivity index (χ4v) is 2.14. The molecule has 1 heterocycles. The van der Waals surface area contributed by atoms with Gasteiger partial charge < -0.3 is 9.30 Å². The minimum absolute atomic E-state index is 0.0620. The van der Waals surface area contributed by atoms with Gasteiger partial charge >= 0.3 is 0 Å². The average Bonchev–Trinajstić information content (AvgIpc) is 2.87. The molecule has 0 N–H and O–H groups in total. The maximum atomic E-state index is 10.9. The third kappa shape index (κ3) is 2.79. The van der Waals surface area contributed by atoms with Crippen molar-refractivity contribution in [1.82, 2.24) is 9.55 Å². The summed E-state index contributed by atoms with van der Waals surface area (Å²) in [5.74, 6) is 1.87. The minimum atomic E-state index is -0.403. The van der Waals surface area contributed by atoms with Gasteiger partial charge in [0.15, 0.2) is 0 Å². The van der Waals surface area contributed by atoms with E-state index >= 15 is 0 Å². The molecule has 1 aromatic carbocycles. The highest BCUT2D eigenvalue weighted by Crippen LogP contribution is 2.25. The first-order valence-electron chi connectivity index (χ1n) is 6.35. The maximum Gasteiger partial charge on any atom is 0.270 e. The van der Waals surface area contributed by atoms with Crippen LogP contribution in [0.4, 0.5) is 5.69 Å². The van der Waals surface area contributed by atoms with Crippen molar-refractivity contribution in [3.8, 4) is 5.75 Å². The van der Waals surface area contributed by atoms with Crippen molar-refractivity contribution < 1.29 is 9.66 Å². The second-order valence-electron chi connectivity index (χ2n) is 4.82. The zero-order valence-corrected chi connectivity index (χ0v) is 11.7. The highest BCUT2D eigenvalue weighted by molar-refractivity contribution is 5.44. The Morgan fingerprint density at radius 1 is 1.45 bits per heavy atom. The average molecular weight is 275 g/mol. The molecule has 0 radical (unpaired) electrons. The highest BCUT2D eigenvalue weighted by atomic mass is 16.6. The molecule has 0 aliphatic heterocycles. The van der Waals surface area contributed by atoms with E-state index in [1.807, 2.05) is 10.8 Å². The maximum absolute atomic E-state index is 10.9. The second kappa shape index (κ2) is 5.73. The first-order chi connectivity index (χ1) is 9.52. The summed E-state index contributed by atoms with van der Waals surface area (Å²) in [6.07, 6.45) is 3.60. The molecule has 20 heavy (non-hydrogen) atoms. The SMILES string of the molecule is COc1ccc([N+](=O)[O-])cc1Cn1ccnc1C(C)C. The number of nitro groups is 1. The zero-order chi connectivity index (χ0) is 14.7. The molecule has 0 bridgehead atoms. The van der Waals surface area contributed by atoms with Crippen LogP contribution in [0.3, 0.4) is 0 Å². The van der Waals surface area contributed by atoms with Crippen LogP contribution in [0, 0.1) is 10.1 Å². The number of methoxy groups -OCH3 is 1. The molecule has 0 spiro atoms. The Bertz CT molecular complexity index is 620. The van der Waals surface area contributed by atoms with E-state index in [4.69, 9.17) is 4.74 Å². The van der Waals surface area contributed by atoms with Gasteiger partial charge in [-0.1, -0.05) is 13.8 Å². The third-order valence-electron chi connectivity index (χ3n) is 3.08. The van der Waals surface area contributed by atoms with E-state index in [0.29, 0.717) is 12.3 Å². The van der Waals surface area contributed by atoms with E-state index in [1.165, 1.54) is 6.07 Å². The number of benzene rings is 1. The summed E-state index contributed by atoms with van der Waals surface area (Å²) in [6.45, 7) is 4.62. The Kier molecular flexibility index (Phi) is 4.02. The number of nitrogens with zero attached hydrogens (tertiary/aromatic N) is 3. The predicted octanol–water partition coefficient (Wildman–Crippen LogP) is 2.97. The van der Waals surface area contributed by atoms with Crippen LogP contribution in [0.5, 0.6) is 5.75 Å². The zero-order valence-electron chi connectivity index (χ0n) is 11.7. The Balaban J connectivity index is 2.38. The van der Waals surface area contributed by atoms with E-state index in [-0.39, 0.29) is 11.6 Å². The molecular formula is C14H17N3O3. The molecule has 0 amide bonds. The van der Waals surface area contributed by atoms with Crippen LogP contribution in [0.1, 0.15) is 31.2 Å². The Labute approximate surface area is 117 Å². The van der Waals surface area contributed by atoms with Crippen molar-refractivity contribution in [2.24, 2.45) is 0 Å². The number of rotatable bonds is 5. The largest absolute Gasteiger partial charge is 0.496 e. The van der Waals surface area contributed by atoms with E-state index in [9.17, 15) is 10.1 Å². The summed E-state index contributed by atoms with van der Waals surface area (Å²) in [4.78, 5) is 14.8. The summed E-state index contributed by atoms with van der Waals surface area (Å²) >= 11 is 0. The topological polar surface area (TPSA) is 70.2 Å². The summed E-state index contributed by atoms with van der Waals surface area (Å²) in [5, 5.41) is 10.9. The van der Waals surface area contributed by atoms with Crippen molar-refractivity contribution in [3.05, 3.63) is 52.1 Å². The van der Waals surface area contributed by atoms with Gasteiger partial charge in [-0.15, -0.1) is 0 Å². The first kappa shape index (κ1) is 14.0. The molecule has 6 nitrogen and oxygen atoms in total. The van der Waals surface area contributed by atoms with Crippen molar-refractivity contribution in [3.63, 3.8) is 0 Å². The Morgan fingerprint density at radius 3 is 2.80 bits per heavy atom. The fourth-order valence-electron chi connectivity index (χ4n) is 2.14. The molecule has 0 fully saturated rings. The fraction of sp³-hybridized carbons (Fsp3) is 0.357. The van der Waals surface area contributed by atoms with E-state index in [1.54, 1.807) is 25.4 Å². The number of non-ortho nitro benzene ring substituents is 1. The van der Waals surface area contributed by atoms with Crippen LogP contribution in [0.25, 0.3) is 0 Å². The summed E-state index contributed by atoms with van der Waals surface area (Å²) < 4.78 is 7.25. The smallest absolute Gasteiger partial charge is 0.270 e. The molecule has 106 valence electrons. The van der Waals surface area contributed by atoms with Gasteiger partial charge in [0.05, 0.1) is 18.6 Å². The number of imidazole rings is 1. The quantitative estimate of drug-likeness (QED) is 0.621. The molecular weight excluding hydrogens is 258 g/mol. The number of ether oxygens (including phenoxy) is 1. The summed E-state index contributed by atoms with van der Waals surface area (Å²) in [7, 11) is 1.56. The van der Waals surface area contributed by atoms with Gasteiger partial charge in [-0.2, -0.15) is 0 Å². The third-order valence-corrected chi connectivity index (χ3v) is 3.08. The molecule has 2 rings (SSSR count). The van der Waals surface area contributed by atoms with Crippen LogP contribution < -0.4 is 4.74 Å². The van der Waals surface area contributed by atoms with Crippen LogP contribution in [-0.2, 0) is 6.54 Å². The van der Waals surface area contributed by atoms with Crippen LogP contribution in [0.2, 0.25) is 0 Å². The van der Waals surface area contributed by atoms with E-state index in [0.717, 1.165) is 11.4 Å². The number of nitro benzene ring substituents is 1. The van der Waals surface area contributed by atoms with Crippen LogP contribution in [-0.4, -0.2) is 21.6 Å². The van der Waals surface area contributed by atoms with Gasteiger partial charge in [0.25, 0.3) is 5.69 Å². The van der Waals surface area contributed by atoms with E-state index in [2.05, 4.69) is 18.8 Å². The van der Waals surface area contributed by atoms with Gasteiger partial charge in [-0.3, -0.25) is 10.1 Å². The second-order valence-corrected chi connectivity index (χ2v) is 4.82. The van der Waals surface area contributed by atoms with Gasteiger partial charge in [-0.05, 0) is 6.07 Å². The van der Waals surface area contributed by atoms with Gasteiger partial charge in [-0.25, -0.2) is 4.98 Å². The molecule has 0 saturated carbocycles. The molecule has 0 unspecified atom stereocenters. The predicted molar refractivity (Wildman–Crippen MR) is 75.1 cm³/mol. The summed E-state index contributed by atoms with van der Waals surface area (Å²) in [5.41, 5.74) is 0.827. The number of hydrogen-bond acceptors (Lipinski definition) is 4. The molecule has 2 aromatic rings. The molecule has 0 aliphatic rings. The molecule has 1 aromatic heterocycles. The lowest BCUT2D eigenvalue weighted by molar-refractivity contribution is -0.384. The molecule has 0 saturated heterocycles. The normalized spacial score (nSPS) is 10.8. The van der Waals surface area contributed by atoms with Gasteiger partial charge in [0.1, 0.15) is 11.6 Å². The molecule has 0 aliphatic carbocycles. The standard InChI is InChI=1S/C14H17N3O3/c1-10(2)14-15-6-7-16(14)9-11-8-12(17(18)19)4-5-13(11)20-3/h4-8,10H,9H2,1-3H3. The Hall–Kier alpha value is -2.37. The lowest BCUT2D eigenvalue weighted by atomic mass is 10.1. The van der Waals surface area contributed by atoms with E-state index < -0.39 is 4.92 Å². The van der Waals surface area contributed by atoms with Gasteiger partial charge in [0, 0.05) is 36.0 Å². The summed E-state index contributed by atoms with van der Waals surface area (Å²) in [6, 6.07) is 4.61. The molecule has 6 heteroatoms. The van der Waals surface area contributed by atoms with Crippen LogP contribution >= 0.6 is 0 Å². The Morgan fingerprint density at radius 2 is 2.20 bits per heavy atom. The first-order valence-corrected chi connectivity index (χ1v) is 6.35. The van der Waals surface area contributed by atoms with Crippen molar-refractivity contribution in [2.45, 2.75) is 26.3 Å². The highest BCUT2D eigenvalue weighted by Gasteiger charge is 2.14. The van der Waals surface area contributed by atoms with Crippen molar-refractivity contribution in [2.75, 3.05) is 7.11 Å². The van der Waals surface area contributed by atoms with Crippen molar-refractivity contribution >= 4 is 5.69 Å².